The van der Waals surface area contributed by atoms with Gasteiger partial charge in [-0.15, -0.1) is 0 Å². The van der Waals surface area contributed by atoms with Crippen LogP contribution in [0, 0.1) is 3.57 Å². The molecule has 0 atom stereocenters. The molecule has 5 heteroatoms. The number of hydrogen-bond acceptors (Lipinski definition) is 3. The van der Waals surface area contributed by atoms with Gasteiger partial charge in [0.05, 0.1) is 13.5 Å². The molecule has 0 fully saturated rings. The van der Waals surface area contributed by atoms with E-state index in [0.717, 1.165) is 9.26 Å². The molecule has 0 saturated carbocycles. The molecular weight excluding hydrogens is 393 g/mol. The van der Waals surface area contributed by atoms with Crippen LogP contribution in [0.1, 0.15) is 22.8 Å². The first kappa shape index (κ1) is 16.5. The summed E-state index contributed by atoms with van der Waals surface area (Å²) >= 11 is 2.19. The third-order valence-electron chi connectivity index (χ3n) is 3.15. The Morgan fingerprint density at radius 2 is 1.95 bits per heavy atom. The molecule has 2 aromatic rings. The Morgan fingerprint density at radius 3 is 2.59 bits per heavy atom. The van der Waals surface area contributed by atoms with Crippen molar-refractivity contribution >= 4 is 40.0 Å². The van der Waals surface area contributed by atoms with Crippen molar-refractivity contribution in [3.8, 4) is 5.75 Å². The average molecular weight is 409 g/mol. The van der Waals surface area contributed by atoms with Gasteiger partial charge < -0.3 is 10.1 Å². The molecule has 0 unspecified atom stereocenters. The Morgan fingerprint density at radius 1 is 1.18 bits per heavy atom. The van der Waals surface area contributed by atoms with E-state index < -0.39 is 0 Å². The minimum atomic E-state index is -0.152. The maximum Gasteiger partial charge on any atom is 0.228 e. The van der Waals surface area contributed by atoms with Crippen LogP contribution in [0.4, 0.5) is 5.69 Å². The van der Waals surface area contributed by atoms with E-state index in [1.165, 1.54) is 6.92 Å². The third-order valence-corrected chi connectivity index (χ3v) is 3.82. The summed E-state index contributed by atoms with van der Waals surface area (Å²) in [6, 6.07) is 12.7. The van der Waals surface area contributed by atoms with Gasteiger partial charge in [-0.05, 0) is 65.9 Å². The molecular formula is C17H16INO3. The number of ketones is 1. The number of nitrogens with one attached hydrogen (secondary N) is 1. The second kappa shape index (κ2) is 7.40. The number of Topliss-reactive ketones (excluding diaryl/α,β-unsaturated/α-hetero) is 1. The largest absolute Gasteiger partial charge is 0.496 e. The van der Waals surface area contributed by atoms with Crippen molar-refractivity contribution in [1.82, 2.24) is 0 Å². The van der Waals surface area contributed by atoms with Crippen molar-refractivity contribution in [3.63, 3.8) is 0 Å². The van der Waals surface area contributed by atoms with Gasteiger partial charge in [0.25, 0.3) is 0 Å². The van der Waals surface area contributed by atoms with Crippen LogP contribution in [0.5, 0.6) is 5.75 Å². The van der Waals surface area contributed by atoms with Gasteiger partial charge in [0.15, 0.2) is 5.78 Å². The first-order valence-corrected chi connectivity index (χ1v) is 7.80. The van der Waals surface area contributed by atoms with E-state index in [-0.39, 0.29) is 18.1 Å². The lowest BCUT2D eigenvalue weighted by Gasteiger charge is -2.10. The SMILES string of the molecule is COc1ccc(C(C)=O)cc1CC(=O)Nc1cccc(I)c1. The first-order valence-electron chi connectivity index (χ1n) is 6.73. The smallest absolute Gasteiger partial charge is 0.228 e. The normalized spacial score (nSPS) is 10.1. The van der Waals surface area contributed by atoms with E-state index in [2.05, 4.69) is 27.9 Å². The summed E-state index contributed by atoms with van der Waals surface area (Å²) in [5, 5.41) is 2.85. The summed E-state index contributed by atoms with van der Waals surface area (Å²) in [7, 11) is 1.55. The molecule has 0 radical (unpaired) electrons. The van der Waals surface area contributed by atoms with Crippen molar-refractivity contribution in [1.29, 1.82) is 0 Å². The second-order valence-corrected chi connectivity index (χ2v) is 6.06. The minimum absolute atomic E-state index is 0.0399. The molecule has 0 aliphatic rings. The molecule has 1 N–H and O–H groups in total. The lowest BCUT2D eigenvalue weighted by Crippen LogP contribution is -2.15. The number of amides is 1. The molecule has 0 bridgehead atoms. The molecule has 4 nitrogen and oxygen atoms in total. The van der Waals surface area contributed by atoms with Crippen LogP contribution in [0.15, 0.2) is 42.5 Å². The average Bonchev–Trinajstić information content (AvgIpc) is 2.47. The predicted octanol–water partition coefficient (Wildman–Crippen LogP) is 3.68. The van der Waals surface area contributed by atoms with Crippen molar-refractivity contribution in [2.75, 3.05) is 12.4 Å². The van der Waals surface area contributed by atoms with E-state index in [1.807, 2.05) is 24.3 Å². The highest BCUT2D eigenvalue weighted by molar-refractivity contribution is 14.1. The summed E-state index contributed by atoms with van der Waals surface area (Å²) in [6.45, 7) is 1.50. The lowest BCUT2D eigenvalue weighted by atomic mass is 10.0. The third kappa shape index (κ3) is 4.30. The Labute approximate surface area is 143 Å². The van der Waals surface area contributed by atoms with Crippen molar-refractivity contribution < 1.29 is 14.3 Å². The Hall–Kier alpha value is -1.89. The van der Waals surface area contributed by atoms with Crippen molar-refractivity contribution in [2.24, 2.45) is 0 Å². The maximum absolute atomic E-state index is 12.2. The summed E-state index contributed by atoms with van der Waals surface area (Å²) in [6.07, 6.45) is 0.149. The molecule has 0 spiro atoms. The van der Waals surface area contributed by atoms with Gasteiger partial charge >= 0.3 is 0 Å². The molecule has 0 saturated heterocycles. The number of carbonyl (C=O) groups excluding carboxylic acids is 2. The van der Waals surface area contributed by atoms with Crippen LogP contribution in [-0.2, 0) is 11.2 Å². The minimum Gasteiger partial charge on any atom is -0.496 e. The number of carbonyl (C=O) groups is 2. The zero-order valence-corrected chi connectivity index (χ0v) is 14.5. The fourth-order valence-electron chi connectivity index (χ4n) is 2.08. The Bertz CT molecular complexity index is 713. The standard InChI is InChI=1S/C17H16INO3/c1-11(20)12-6-7-16(22-2)13(8-12)9-17(21)19-15-5-3-4-14(18)10-15/h3-8,10H,9H2,1-2H3,(H,19,21). The van der Waals surface area contributed by atoms with Gasteiger partial charge in [-0.25, -0.2) is 0 Å². The van der Waals surface area contributed by atoms with Gasteiger partial charge in [0.1, 0.15) is 5.75 Å². The van der Waals surface area contributed by atoms with Crippen LogP contribution in [-0.4, -0.2) is 18.8 Å². The molecule has 1 amide bonds. The van der Waals surface area contributed by atoms with Gasteiger partial charge in [-0.1, -0.05) is 6.07 Å². The number of ether oxygens (including phenoxy) is 1. The van der Waals surface area contributed by atoms with Crippen molar-refractivity contribution in [3.05, 3.63) is 57.2 Å². The molecule has 2 aromatic carbocycles. The van der Waals surface area contributed by atoms with Crippen molar-refractivity contribution in [2.45, 2.75) is 13.3 Å². The molecule has 0 aliphatic carbocycles. The number of anilines is 1. The number of halogens is 1. The van der Waals surface area contributed by atoms with E-state index in [9.17, 15) is 9.59 Å². The molecule has 22 heavy (non-hydrogen) atoms. The fraction of sp³-hybridized carbons (Fsp3) is 0.176. The number of methoxy groups -OCH3 is 1. The highest BCUT2D eigenvalue weighted by Gasteiger charge is 2.11. The van der Waals surface area contributed by atoms with E-state index >= 15 is 0 Å². The summed E-state index contributed by atoms with van der Waals surface area (Å²) in [4.78, 5) is 23.7. The van der Waals surface area contributed by atoms with Crippen LogP contribution in [0.3, 0.4) is 0 Å². The highest BCUT2D eigenvalue weighted by atomic mass is 127. The van der Waals surface area contributed by atoms with Gasteiger partial charge in [0.2, 0.25) is 5.91 Å². The van der Waals surface area contributed by atoms with Crippen LogP contribution < -0.4 is 10.1 Å². The highest BCUT2D eigenvalue weighted by Crippen LogP contribution is 2.21. The predicted molar refractivity (Wildman–Crippen MR) is 94.5 cm³/mol. The number of hydrogen-bond donors (Lipinski definition) is 1. The molecule has 114 valence electrons. The Balaban J connectivity index is 2.16. The topological polar surface area (TPSA) is 55.4 Å². The van der Waals surface area contributed by atoms with Crippen LogP contribution in [0.2, 0.25) is 0 Å². The quantitative estimate of drug-likeness (QED) is 0.606. The first-order chi connectivity index (χ1) is 10.5. The molecule has 0 heterocycles. The van der Waals surface area contributed by atoms with Gasteiger partial charge in [0, 0.05) is 20.4 Å². The maximum atomic E-state index is 12.2. The van der Waals surface area contributed by atoms with Gasteiger partial charge in [-0.3, -0.25) is 9.59 Å². The van der Waals surface area contributed by atoms with Crippen LogP contribution in [0.25, 0.3) is 0 Å². The lowest BCUT2D eigenvalue weighted by molar-refractivity contribution is -0.115. The molecule has 0 aromatic heterocycles. The van der Waals surface area contributed by atoms with E-state index in [1.54, 1.807) is 25.3 Å². The fourth-order valence-corrected chi connectivity index (χ4v) is 2.62. The molecule has 0 aliphatic heterocycles. The summed E-state index contributed by atoms with van der Waals surface area (Å²) < 4.78 is 6.31. The molecule has 2 rings (SSSR count). The van der Waals surface area contributed by atoms with E-state index in [4.69, 9.17) is 4.74 Å². The monoisotopic (exact) mass is 409 g/mol. The summed E-state index contributed by atoms with van der Waals surface area (Å²) in [5.41, 5.74) is 2.01. The second-order valence-electron chi connectivity index (χ2n) is 4.82. The zero-order valence-electron chi connectivity index (χ0n) is 12.4. The Kier molecular flexibility index (Phi) is 5.54. The number of rotatable bonds is 5. The summed E-state index contributed by atoms with van der Waals surface area (Å²) in [5.74, 6) is 0.408. The van der Waals surface area contributed by atoms with Gasteiger partial charge in [-0.2, -0.15) is 0 Å². The zero-order chi connectivity index (χ0) is 16.1. The number of benzene rings is 2. The van der Waals surface area contributed by atoms with E-state index in [0.29, 0.717) is 16.9 Å². The van der Waals surface area contributed by atoms with Crippen LogP contribution >= 0.6 is 22.6 Å².